The van der Waals surface area contributed by atoms with Crippen molar-refractivity contribution >= 4 is 28.3 Å². The molecule has 0 spiro atoms. The Hall–Kier alpha value is -3.19. The maximum atomic E-state index is 12.5. The third-order valence-corrected chi connectivity index (χ3v) is 5.78. The van der Waals surface area contributed by atoms with Gasteiger partial charge in [0.05, 0.1) is 30.5 Å². The number of nitrogens with one attached hydrogen (secondary N) is 1. The Kier molecular flexibility index (Phi) is 6.26. The quantitative estimate of drug-likeness (QED) is 0.612. The number of fused-ring (bicyclic) bond motifs is 1. The molecule has 7 heteroatoms. The lowest BCUT2D eigenvalue weighted by atomic mass is 9.95. The number of ether oxygens (including phenoxy) is 2. The van der Waals surface area contributed by atoms with Gasteiger partial charge < -0.3 is 19.7 Å². The van der Waals surface area contributed by atoms with Gasteiger partial charge >= 0.3 is 0 Å². The van der Waals surface area contributed by atoms with Crippen LogP contribution in [0.25, 0.3) is 22.0 Å². The fraction of sp³-hybridized carbons (Fsp3) is 0.423. The van der Waals surface area contributed by atoms with Gasteiger partial charge in [0.1, 0.15) is 11.6 Å². The molecule has 1 aliphatic heterocycles. The molecule has 0 radical (unpaired) electrons. The summed E-state index contributed by atoms with van der Waals surface area (Å²) in [5, 5.41) is 3.84. The van der Waals surface area contributed by atoms with Crippen molar-refractivity contribution in [1.82, 2.24) is 9.97 Å². The number of rotatable bonds is 4. The average molecular weight is 449 g/mol. The van der Waals surface area contributed by atoms with Crippen LogP contribution >= 0.6 is 0 Å². The second-order valence-corrected chi connectivity index (χ2v) is 9.68. The first kappa shape index (κ1) is 23.0. The molecule has 1 aliphatic rings. The summed E-state index contributed by atoms with van der Waals surface area (Å²) < 4.78 is 11.6. The molecule has 1 saturated heterocycles. The number of nitrogens with zero attached hydrogens (tertiary/aromatic N) is 3. The van der Waals surface area contributed by atoms with Gasteiger partial charge in [0.2, 0.25) is 5.91 Å². The smallest absolute Gasteiger partial charge is 0.229 e. The van der Waals surface area contributed by atoms with Crippen LogP contribution in [0.1, 0.15) is 34.6 Å². The van der Waals surface area contributed by atoms with E-state index in [2.05, 4.69) is 29.0 Å². The van der Waals surface area contributed by atoms with E-state index < -0.39 is 5.41 Å². The molecule has 1 unspecified atom stereocenters. The minimum Gasteiger partial charge on any atom is -0.495 e. The van der Waals surface area contributed by atoms with Crippen LogP contribution in [0.2, 0.25) is 0 Å². The molecule has 2 atom stereocenters. The van der Waals surface area contributed by atoms with E-state index in [0.29, 0.717) is 17.0 Å². The molecule has 1 amide bonds. The van der Waals surface area contributed by atoms with Gasteiger partial charge in [-0.1, -0.05) is 26.8 Å². The van der Waals surface area contributed by atoms with E-state index in [1.165, 1.54) is 0 Å². The van der Waals surface area contributed by atoms with Gasteiger partial charge in [-0.2, -0.15) is 0 Å². The number of benzene rings is 1. The molecule has 4 rings (SSSR count). The third-order valence-electron chi connectivity index (χ3n) is 5.78. The first-order valence-corrected chi connectivity index (χ1v) is 11.3. The Labute approximate surface area is 195 Å². The zero-order chi connectivity index (χ0) is 23.8. The van der Waals surface area contributed by atoms with Crippen LogP contribution in [0.5, 0.6) is 5.75 Å². The molecular weight excluding hydrogens is 416 g/mol. The summed E-state index contributed by atoms with van der Waals surface area (Å²) in [7, 11) is 1.65. The van der Waals surface area contributed by atoms with E-state index in [9.17, 15) is 4.79 Å². The lowest BCUT2D eigenvalue weighted by molar-refractivity contribution is -0.123. The number of methoxy groups -OCH3 is 1. The van der Waals surface area contributed by atoms with Crippen molar-refractivity contribution in [3.8, 4) is 16.9 Å². The minimum atomic E-state index is -0.504. The molecule has 0 saturated carbocycles. The number of hydrogen-bond acceptors (Lipinski definition) is 6. The Bertz CT molecular complexity index is 1140. The monoisotopic (exact) mass is 448 g/mol. The van der Waals surface area contributed by atoms with Crippen molar-refractivity contribution < 1.29 is 14.3 Å². The van der Waals surface area contributed by atoms with Gasteiger partial charge in [-0.3, -0.25) is 9.78 Å². The van der Waals surface area contributed by atoms with Crippen molar-refractivity contribution in [2.75, 3.05) is 30.4 Å². The van der Waals surface area contributed by atoms with Gasteiger partial charge in [-0.15, -0.1) is 0 Å². The SMILES string of the molecule is COc1c(-c2ccc(N3CC(C)O[C@@H](C)C3)nc2)cnc2c(NC(=O)C(C)(C)C)cccc12. The van der Waals surface area contributed by atoms with Crippen molar-refractivity contribution in [3.63, 3.8) is 0 Å². The maximum Gasteiger partial charge on any atom is 0.229 e. The fourth-order valence-corrected chi connectivity index (χ4v) is 4.13. The van der Waals surface area contributed by atoms with Gasteiger partial charge in [0.15, 0.2) is 0 Å². The largest absolute Gasteiger partial charge is 0.495 e. The summed E-state index contributed by atoms with van der Waals surface area (Å²) in [6, 6.07) is 9.79. The lowest BCUT2D eigenvalue weighted by Gasteiger charge is -2.36. The Morgan fingerprint density at radius 2 is 1.82 bits per heavy atom. The molecule has 1 aromatic carbocycles. The fourth-order valence-electron chi connectivity index (χ4n) is 4.13. The first-order valence-electron chi connectivity index (χ1n) is 11.3. The summed E-state index contributed by atoms with van der Waals surface area (Å²) in [6.07, 6.45) is 3.99. The number of aromatic nitrogens is 2. The lowest BCUT2D eigenvalue weighted by Crippen LogP contribution is -2.45. The van der Waals surface area contributed by atoms with Gasteiger partial charge in [-0.05, 0) is 38.1 Å². The highest BCUT2D eigenvalue weighted by Crippen LogP contribution is 2.38. The molecule has 3 aromatic rings. The van der Waals surface area contributed by atoms with Crippen molar-refractivity contribution in [2.24, 2.45) is 5.41 Å². The number of carbonyl (C=O) groups excluding carboxylic acids is 1. The van der Waals surface area contributed by atoms with Crippen LogP contribution in [0.15, 0.2) is 42.7 Å². The van der Waals surface area contributed by atoms with E-state index in [0.717, 1.165) is 35.4 Å². The van der Waals surface area contributed by atoms with Gasteiger partial charge in [-0.25, -0.2) is 4.98 Å². The van der Waals surface area contributed by atoms with Crippen molar-refractivity contribution in [2.45, 2.75) is 46.8 Å². The predicted molar refractivity (Wildman–Crippen MR) is 132 cm³/mol. The highest BCUT2D eigenvalue weighted by molar-refractivity contribution is 6.05. The van der Waals surface area contributed by atoms with Gasteiger partial charge in [0, 0.05) is 47.4 Å². The van der Waals surface area contributed by atoms with Crippen LogP contribution in [0, 0.1) is 5.41 Å². The Morgan fingerprint density at radius 3 is 2.42 bits per heavy atom. The molecular formula is C26H32N4O3. The number of anilines is 2. The Morgan fingerprint density at radius 1 is 1.09 bits per heavy atom. The van der Waals surface area contributed by atoms with E-state index in [1.807, 2.05) is 57.3 Å². The summed E-state index contributed by atoms with van der Waals surface area (Å²) in [4.78, 5) is 24.2. The van der Waals surface area contributed by atoms with E-state index >= 15 is 0 Å². The highest BCUT2D eigenvalue weighted by Gasteiger charge is 2.24. The number of para-hydroxylation sites is 1. The van der Waals surface area contributed by atoms with Crippen molar-refractivity contribution in [1.29, 1.82) is 0 Å². The van der Waals surface area contributed by atoms with Crippen LogP contribution < -0.4 is 15.0 Å². The molecule has 3 heterocycles. The van der Waals surface area contributed by atoms with E-state index in [1.54, 1.807) is 13.3 Å². The van der Waals surface area contributed by atoms with E-state index in [4.69, 9.17) is 14.5 Å². The number of morpholine rings is 1. The molecule has 174 valence electrons. The normalized spacial score (nSPS) is 18.9. The summed E-state index contributed by atoms with van der Waals surface area (Å²) in [5.74, 6) is 1.57. The Balaban J connectivity index is 1.68. The summed E-state index contributed by atoms with van der Waals surface area (Å²) in [6.45, 7) is 11.5. The number of amides is 1. The van der Waals surface area contributed by atoms with E-state index in [-0.39, 0.29) is 18.1 Å². The maximum absolute atomic E-state index is 12.5. The number of pyridine rings is 2. The molecule has 2 aromatic heterocycles. The van der Waals surface area contributed by atoms with Crippen LogP contribution in [0.3, 0.4) is 0 Å². The van der Waals surface area contributed by atoms with Gasteiger partial charge in [0.25, 0.3) is 0 Å². The number of carbonyl (C=O) groups is 1. The molecule has 1 fully saturated rings. The van der Waals surface area contributed by atoms with Crippen molar-refractivity contribution in [3.05, 3.63) is 42.7 Å². The van der Waals surface area contributed by atoms with Crippen LogP contribution in [-0.4, -0.2) is 48.3 Å². The molecule has 0 aliphatic carbocycles. The molecule has 33 heavy (non-hydrogen) atoms. The zero-order valence-corrected chi connectivity index (χ0v) is 20.2. The number of hydrogen-bond donors (Lipinski definition) is 1. The minimum absolute atomic E-state index is 0.0635. The van der Waals surface area contributed by atoms with Crippen LogP contribution in [0.4, 0.5) is 11.5 Å². The zero-order valence-electron chi connectivity index (χ0n) is 20.2. The summed E-state index contributed by atoms with van der Waals surface area (Å²) in [5.41, 5.74) is 2.63. The standard InChI is InChI=1S/C26H32N4O3/c1-16-14-30(15-17(2)33-16)22-11-10-18(12-27-22)20-13-28-23-19(24(20)32-6)8-7-9-21(23)29-25(31)26(3,4)5/h7-13,16-17H,14-15H2,1-6H3,(H,29,31)/t16-,17?/m0/s1. The highest BCUT2D eigenvalue weighted by atomic mass is 16.5. The molecule has 0 bridgehead atoms. The predicted octanol–water partition coefficient (Wildman–Crippen LogP) is 4.90. The topological polar surface area (TPSA) is 76.6 Å². The van der Waals surface area contributed by atoms with Crippen LogP contribution in [-0.2, 0) is 9.53 Å². The third kappa shape index (κ3) is 4.78. The molecule has 7 nitrogen and oxygen atoms in total. The first-order chi connectivity index (χ1) is 15.7. The summed E-state index contributed by atoms with van der Waals surface area (Å²) >= 11 is 0. The average Bonchev–Trinajstić information content (AvgIpc) is 2.77. The second-order valence-electron chi connectivity index (χ2n) is 9.68. The molecule has 1 N–H and O–H groups in total. The second kappa shape index (κ2) is 8.98.